The number of H-pyrrole nitrogens is 1. The molecule has 7 nitrogen and oxygen atoms in total. The maximum absolute atomic E-state index is 9.97. The first kappa shape index (κ1) is 16.1. The van der Waals surface area contributed by atoms with Gasteiger partial charge in [0.15, 0.2) is 5.82 Å². The molecule has 3 aromatic rings. The smallest absolute Gasteiger partial charge is 0.161 e. The Morgan fingerprint density at radius 1 is 1.36 bits per heavy atom. The highest BCUT2D eigenvalue weighted by atomic mass is 16.5. The molecule has 2 aromatic heterocycles. The summed E-state index contributed by atoms with van der Waals surface area (Å²) < 4.78 is 12.9. The summed E-state index contributed by atoms with van der Waals surface area (Å²) >= 11 is 0. The quantitative estimate of drug-likeness (QED) is 0.743. The van der Waals surface area contributed by atoms with Crippen LogP contribution in [0, 0.1) is 5.41 Å². The van der Waals surface area contributed by atoms with Crippen LogP contribution in [-0.4, -0.2) is 51.8 Å². The van der Waals surface area contributed by atoms with Crippen LogP contribution in [0.25, 0.3) is 22.4 Å². The zero-order valence-electron chi connectivity index (χ0n) is 14.2. The summed E-state index contributed by atoms with van der Waals surface area (Å²) in [5.41, 5.74) is 1.56. The first-order chi connectivity index (χ1) is 12.2. The molecule has 0 amide bonds. The standard InChI is InChI=1S/C18H22N4O3/c1-24-13-2-3-15-14(10-13)16(21-20-15)17-19-6-7-22(17)11-18(12-23)4-8-25-9-5-18/h2-3,6-7,10,23H,4-5,8-9,11-12H2,1H3,(H,20,21). The number of ether oxygens (including phenoxy) is 2. The maximum Gasteiger partial charge on any atom is 0.161 e. The summed E-state index contributed by atoms with van der Waals surface area (Å²) in [5.74, 6) is 1.57. The number of aliphatic hydroxyl groups is 1. The fourth-order valence-corrected chi connectivity index (χ4v) is 3.48. The number of hydrogen-bond donors (Lipinski definition) is 2. The lowest BCUT2D eigenvalue weighted by Crippen LogP contribution is -2.37. The highest BCUT2D eigenvalue weighted by Gasteiger charge is 2.33. The molecule has 1 aliphatic rings. The van der Waals surface area contributed by atoms with Crippen LogP contribution in [-0.2, 0) is 11.3 Å². The molecule has 0 radical (unpaired) electrons. The minimum atomic E-state index is -0.169. The number of imidazole rings is 1. The molecule has 25 heavy (non-hydrogen) atoms. The Bertz CT molecular complexity index is 864. The summed E-state index contributed by atoms with van der Waals surface area (Å²) in [6.45, 7) is 2.21. The van der Waals surface area contributed by atoms with Crippen molar-refractivity contribution in [1.29, 1.82) is 0 Å². The summed E-state index contributed by atoms with van der Waals surface area (Å²) in [7, 11) is 1.65. The second-order valence-electron chi connectivity index (χ2n) is 6.63. The summed E-state index contributed by atoms with van der Waals surface area (Å²) in [4.78, 5) is 4.52. The minimum Gasteiger partial charge on any atom is -0.497 e. The van der Waals surface area contributed by atoms with E-state index in [1.54, 1.807) is 13.3 Å². The number of nitrogens with zero attached hydrogens (tertiary/aromatic N) is 3. The normalized spacial score (nSPS) is 17.0. The molecule has 0 saturated carbocycles. The van der Waals surface area contributed by atoms with Gasteiger partial charge in [0.1, 0.15) is 11.4 Å². The molecule has 0 spiro atoms. The van der Waals surface area contributed by atoms with Crippen molar-refractivity contribution in [1.82, 2.24) is 19.7 Å². The van der Waals surface area contributed by atoms with Gasteiger partial charge in [0.25, 0.3) is 0 Å². The Labute approximate surface area is 145 Å². The van der Waals surface area contributed by atoms with E-state index in [-0.39, 0.29) is 12.0 Å². The fourth-order valence-electron chi connectivity index (χ4n) is 3.48. The van der Waals surface area contributed by atoms with Crippen LogP contribution >= 0.6 is 0 Å². The number of aliphatic hydroxyl groups excluding tert-OH is 1. The Morgan fingerprint density at radius 2 is 2.20 bits per heavy atom. The molecule has 2 N–H and O–H groups in total. The molecular weight excluding hydrogens is 320 g/mol. The largest absolute Gasteiger partial charge is 0.497 e. The van der Waals surface area contributed by atoms with Crippen molar-refractivity contribution in [2.75, 3.05) is 26.9 Å². The van der Waals surface area contributed by atoms with Crippen LogP contribution in [0.1, 0.15) is 12.8 Å². The van der Waals surface area contributed by atoms with Gasteiger partial charge < -0.3 is 19.1 Å². The van der Waals surface area contributed by atoms with Crippen molar-refractivity contribution in [2.45, 2.75) is 19.4 Å². The lowest BCUT2D eigenvalue weighted by atomic mass is 9.81. The average Bonchev–Trinajstić information content (AvgIpc) is 3.28. The number of aromatic amines is 1. The maximum atomic E-state index is 9.97. The van der Waals surface area contributed by atoms with Crippen LogP contribution in [0.2, 0.25) is 0 Å². The molecule has 1 fully saturated rings. The zero-order chi connectivity index (χ0) is 17.3. The van der Waals surface area contributed by atoms with Crippen LogP contribution < -0.4 is 4.74 Å². The van der Waals surface area contributed by atoms with Gasteiger partial charge in [-0.15, -0.1) is 0 Å². The zero-order valence-corrected chi connectivity index (χ0v) is 14.2. The lowest BCUT2D eigenvalue weighted by molar-refractivity contribution is -0.0250. The van der Waals surface area contributed by atoms with Gasteiger partial charge in [-0.2, -0.15) is 5.10 Å². The van der Waals surface area contributed by atoms with E-state index in [2.05, 4.69) is 19.7 Å². The van der Waals surface area contributed by atoms with Crippen LogP contribution in [0.5, 0.6) is 5.75 Å². The third kappa shape index (κ3) is 2.89. The first-order valence-corrected chi connectivity index (χ1v) is 8.47. The summed E-state index contributed by atoms with van der Waals surface area (Å²) in [5, 5.41) is 18.5. The Kier molecular flexibility index (Phi) is 4.19. The van der Waals surface area contributed by atoms with Crippen molar-refractivity contribution in [3.05, 3.63) is 30.6 Å². The molecule has 132 valence electrons. The average molecular weight is 342 g/mol. The third-order valence-corrected chi connectivity index (χ3v) is 5.09. The van der Waals surface area contributed by atoms with Crippen molar-refractivity contribution in [3.63, 3.8) is 0 Å². The van der Waals surface area contributed by atoms with Crippen molar-refractivity contribution in [2.24, 2.45) is 5.41 Å². The molecule has 1 aliphatic heterocycles. The van der Waals surface area contributed by atoms with Gasteiger partial charge in [-0.05, 0) is 31.0 Å². The van der Waals surface area contributed by atoms with Gasteiger partial charge >= 0.3 is 0 Å². The van der Waals surface area contributed by atoms with Gasteiger partial charge in [0.2, 0.25) is 0 Å². The van der Waals surface area contributed by atoms with Crippen molar-refractivity contribution >= 4 is 10.9 Å². The lowest BCUT2D eigenvalue weighted by Gasteiger charge is -2.36. The molecule has 0 aliphatic carbocycles. The highest BCUT2D eigenvalue weighted by molar-refractivity contribution is 5.92. The predicted molar refractivity (Wildman–Crippen MR) is 93.4 cm³/mol. The molecule has 4 rings (SSSR count). The molecule has 1 saturated heterocycles. The molecule has 0 atom stereocenters. The van der Waals surface area contributed by atoms with E-state index in [1.165, 1.54) is 0 Å². The first-order valence-electron chi connectivity index (χ1n) is 8.47. The Balaban J connectivity index is 1.72. The summed E-state index contributed by atoms with van der Waals surface area (Å²) in [6, 6.07) is 5.81. The molecular formula is C18H22N4O3. The monoisotopic (exact) mass is 342 g/mol. The summed E-state index contributed by atoms with van der Waals surface area (Å²) in [6.07, 6.45) is 5.41. The SMILES string of the molecule is COc1ccc2[nH]nc(-c3nccn3CC3(CO)CCOCC3)c2c1. The topological polar surface area (TPSA) is 85.2 Å². The predicted octanol–water partition coefficient (Wildman–Crippen LogP) is 2.22. The van der Waals surface area contributed by atoms with E-state index in [1.807, 2.05) is 24.4 Å². The van der Waals surface area contributed by atoms with Crippen LogP contribution in [0.15, 0.2) is 30.6 Å². The molecule has 0 unspecified atom stereocenters. The number of methoxy groups -OCH3 is 1. The number of rotatable bonds is 5. The van der Waals surface area contributed by atoms with Crippen molar-refractivity contribution in [3.8, 4) is 17.3 Å². The van der Waals surface area contributed by atoms with E-state index in [9.17, 15) is 5.11 Å². The van der Waals surface area contributed by atoms with Gasteiger partial charge in [-0.25, -0.2) is 4.98 Å². The number of nitrogens with one attached hydrogen (secondary N) is 1. The van der Waals surface area contributed by atoms with Crippen molar-refractivity contribution < 1.29 is 14.6 Å². The second-order valence-corrected chi connectivity index (χ2v) is 6.63. The van der Waals surface area contributed by atoms with Gasteiger partial charge in [0, 0.05) is 43.0 Å². The molecule has 7 heteroatoms. The van der Waals surface area contributed by atoms with E-state index in [0.717, 1.165) is 41.0 Å². The van der Waals surface area contributed by atoms with Gasteiger partial charge in [-0.3, -0.25) is 5.10 Å². The second kappa shape index (κ2) is 6.50. The number of hydrogen-bond acceptors (Lipinski definition) is 5. The van der Waals surface area contributed by atoms with E-state index < -0.39 is 0 Å². The van der Waals surface area contributed by atoms with Gasteiger partial charge in [-0.1, -0.05) is 0 Å². The number of aromatic nitrogens is 4. The molecule has 3 heterocycles. The van der Waals surface area contributed by atoms with E-state index >= 15 is 0 Å². The van der Waals surface area contributed by atoms with Crippen LogP contribution in [0.4, 0.5) is 0 Å². The number of fused-ring (bicyclic) bond motifs is 1. The van der Waals surface area contributed by atoms with E-state index in [4.69, 9.17) is 9.47 Å². The minimum absolute atomic E-state index is 0.142. The van der Waals surface area contributed by atoms with E-state index in [0.29, 0.717) is 19.8 Å². The fraction of sp³-hybridized carbons (Fsp3) is 0.444. The molecule has 1 aromatic carbocycles. The number of benzene rings is 1. The third-order valence-electron chi connectivity index (χ3n) is 5.09. The molecule has 0 bridgehead atoms. The highest BCUT2D eigenvalue weighted by Crippen LogP contribution is 2.34. The van der Waals surface area contributed by atoms with Crippen LogP contribution in [0.3, 0.4) is 0 Å². The van der Waals surface area contributed by atoms with Gasteiger partial charge in [0.05, 0.1) is 19.2 Å². The Hall–Kier alpha value is -2.38. The Morgan fingerprint density at radius 3 is 2.96 bits per heavy atom.